The number of hydrogen-bond donors (Lipinski definition) is 2. The van der Waals surface area contributed by atoms with Gasteiger partial charge >= 0.3 is 6.03 Å². The number of anilines is 2. The molecule has 13 heteroatoms. The molecule has 1 aliphatic rings. The number of amides is 5. The van der Waals surface area contributed by atoms with Crippen LogP contribution >= 0.6 is 15.9 Å². The van der Waals surface area contributed by atoms with Crippen molar-refractivity contribution in [1.29, 1.82) is 0 Å². The van der Waals surface area contributed by atoms with Gasteiger partial charge in [-0.25, -0.2) is 9.69 Å². The van der Waals surface area contributed by atoms with Gasteiger partial charge in [0.2, 0.25) is 0 Å². The van der Waals surface area contributed by atoms with Crippen LogP contribution in [0.25, 0.3) is 6.08 Å². The molecule has 204 valence electrons. The molecular formula is C27H21BrN4O8. The van der Waals surface area contributed by atoms with E-state index in [2.05, 4.69) is 26.6 Å². The summed E-state index contributed by atoms with van der Waals surface area (Å²) in [6.45, 7) is 1.54. The van der Waals surface area contributed by atoms with Crippen LogP contribution in [0.4, 0.5) is 21.9 Å². The number of urea groups is 1. The molecule has 40 heavy (non-hydrogen) atoms. The molecular weight excluding hydrogens is 588 g/mol. The summed E-state index contributed by atoms with van der Waals surface area (Å²) in [4.78, 5) is 61.6. The molecule has 0 aliphatic carbocycles. The molecule has 1 heterocycles. The van der Waals surface area contributed by atoms with Gasteiger partial charge in [-0.15, -0.1) is 0 Å². The Labute approximate surface area is 235 Å². The number of aryl methyl sites for hydroxylation is 1. The Balaban J connectivity index is 1.56. The maximum Gasteiger partial charge on any atom is 0.335 e. The third kappa shape index (κ3) is 5.99. The SMILES string of the molecule is COc1cc(/C=C2/C(=O)NC(=O)N(c3ccc([N+](=O)[O-])cc3)C2=O)cc(Br)c1OCC(=O)Nc1ccccc1C. The highest BCUT2D eigenvalue weighted by atomic mass is 79.9. The van der Waals surface area contributed by atoms with Crippen LogP contribution in [0.5, 0.6) is 11.5 Å². The molecule has 2 N–H and O–H groups in total. The molecule has 4 rings (SSSR count). The number of non-ortho nitro benzene ring substituents is 1. The van der Waals surface area contributed by atoms with Crippen molar-refractivity contribution in [3.05, 3.63) is 92.0 Å². The lowest BCUT2D eigenvalue weighted by Crippen LogP contribution is -2.54. The molecule has 12 nitrogen and oxygen atoms in total. The van der Waals surface area contributed by atoms with Crippen molar-refractivity contribution >= 4 is 62.8 Å². The first kappa shape index (κ1) is 28.0. The van der Waals surface area contributed by atoms with Crippen molar-refractivity contribution < 1.29 is 33.6 Å². The predicted molar refractivity (Wildman–Crippen MR) is 148 cm³/mol. The van der Waals surface area contributed by atoms with Crippen LogP contribution in [0.15, 0.2) is 70.7 Å². The van der Waals surface area contributed by atoms with E-state index in [0.29, 0.717) is 20.6 Å². The molecule has 0 unspecified atom stereocenters. The van der Waals surface area contributed by atoms with Gasteiger partial charge < -0.3 is 14.8 Å². The van der Waals surface area contributed by atoms with E-state index in [-0.39, 0.29) is 35.1 Å². The van der Waals surface area contributed by atoms with Crippen LogP contribution in [0, 0.1) is 17.0 Å². The minimum Gasteiger partial charge on any atom is -0.493 e. The standard InChI is InChI=1S/C27H21BrN4O8/c1-15-5-3-4-6-21(15)29-23(33)14-40-24-20(28)12-16(13-22(24)39-2)11-19-25(34)30-27(36)31(26(19)35)17-7-9-18(10-8-17)32(37)38/h3-13H,14H2,1-2H3,(H,29,33)(H,30,34,36)/b19-11-. The monoisotopic (exact) mass is 608 g/mol. The molecule has 1 saturated heterocycles. The number of ether oxygens (including phenoxy) is 2. The third-order valence-electron chi connectivity index (χ3n) is 5.75. The lowest BCUT2D eigenvalue weighted by atomic mass is 10.1. The second-order valence-electron chi connectivity index (χ2n) is 8.42. The number of halogens is 1. The van der Waals surface area contributed by atoms with Crippen molar-refractivity contribution in [1.82, 2.24) is 5.32 Å². The van der Waals surface area contributed by atoms with E-state index in [1.54, 1.807) is 12.1 Å². The normalized spacial score (nSPS) is 14.1. The maximum atomic E-state index is 13.2. The fraction of sp³-hybridized carbons (Fsp3) is 0.111. The molecule has 1 fully saturated rings. The van der Waals surface area contributed by atoms with Crippen molar-refractivity contribution in [2.75, 3.05) is 23.9 Å². The summed E-state index contributed by atoms with van der Waals surface area (Å²) in [6.07, 6.45) is 1.25. The van der Waals surface area contributed by atoms with Gasteiger partial charge in [0.1, 0.15) is 5.57 Å². The number of nitrogens with zero attached hydrogens (tertiary/aromatic N) is 2. The Bertz CT molecular complexity index is 1570. The molecule has 3 aromatic rings. The first-order valence-corrected chi connectivity index (χ1v) is 12.4. The molecule has 0 radical (unpaired) electrons. The van der Waals surface area contributed by atoms with Crippen LogP contribution in [0.1, 0.15) is 11.1 Å². The average Bonchev–Trinajstić information content (AvgIpc) is 2.91. The number of nitro groups is 1. The Morgan fingerprint density at radius 2 is 1.82 bits per heavy atom. The van der Waals surface area contributed by atoms with E-state index >= 15 is 0 Å². The van der Waals surface area contributed by atoms with Crippen LogP contribution in [-0.2, 0) is 14.4 Å². The lowest BCUT2D eigenvalue weighted by Gasteiger charge is -2.26. The fourth-order valence-corrected chi connectivity index (χ4v) is 4.36. The number of nitro benzene ring substituents is 1. The zero-order valence-electron chi connectivity index (χ0n) is 21.1. The second kappa shape index (κ2) is 11.8. The van der Waals surface area contributed by atoms with Crippen molar-refractivity contribution in [2.24, 2.45) is 0 Å². The molecule has 0 spiro atoms. The Morgan fingerprint density at radius 3 is 2.48 bits per heavy atom. The van der Waals surface area contributed by atoms with Gasteiger partial charge in [-0.05, 0) is 70.4 Å². The van der Waals surface area contributed by atoms with Crippen LogP contribution in [0.3, 0.4) is 0 Å². The summed E-state index contributed by atoms with van der Waals surface area (Å²) in [7, 11) is 1.38. The number of para-hydroxylation sites is 1. The Hall–Kier alpha value is -5.04. The zero-order chi connectivity index (χ0) is 29.0. The number of barbiturate groups is 1. The van der Waals surface area contributed by atoms with Crippen molar-refractivity contribution in [3.63, 3.8) is 0 Å². The van der Waals surface area contributed by atoms with E-state index in [4.69, 9.17) is 9.47 Å². The maximum absolute atomic E-state index is 13.2. The molecule has 0 bridgehead atoms. The third-order valence-corrected chi connectivity index (χ3v) is 6.34. The first-order valence-electron chi connectivity index (χ1n) is 11.6. The van der Waals surface area contributed by atoms with Gasteiger partial charge in [-0.2, -0.15) is 0 Å². The summed E-state index contributed by atoms with van der Waals surface area (Å²) in [5.74, 6) is -1.82. The number of rotatable bonds is 8. The lowest BCUT2D eigenvalue weighted by molar-refractivity contribution is -0.384. The molecule has 0 atom stereocenters. The quantitative estimate of drug-likeness (QED) is 0.165. The number of methoxy groups -OCH3 is 1. The zero-order valence-corrected chi connectivity index (χ0v) is 22.7. The highest BCUT2D eigenvalue weighted by molar-refractivity contribution is 9.10. The van der Waals surface area contributed by atoms with Gasteiger partial charge in [0.05, 0.1) is 22.2 Å². The smallest absolute Gasteiger partial charge is 0.335 e. The topological polar surface area (TPSA) is 157 Å². The number of carbonyl (C=O) groups excluding carboxylic acids is 4. The van der Waals surface area contributed by atoms with E-state index < -0.39 is 28.7 Å². The van der Waals surface area contributed by atoms with E-state index in [9.17, 15) is 29.3 Å². The average molecular weight is 609 g/mol. The van der Waals surface area contributed by atoms with Crippen LogP contribution in [0.2, 0.25) is 0 Å². The van der Waals surface area contributed by atoms with Gasteiger partial charge in [-0.3, -0.25) is 29.8 Å². The molecule has 1 aliphatic heterocycles. The van der Waals surface area contributed by atoms with Crippen molar-refractivity contribution in [3.8, 4) is 11.5 Å². The minimum atomic E-state index is -0.993. The fourth-order valence-electron chi connectivity index (χ4n) is 3.78. The summed E-state index contributed by atoms with van der Waals surface area (Å²) >= 11 is 3.37. The van der Waals surface area contributed by atoms with Crippen LogP contribution in [-0.4, -0.2) is 42.4 Å². The number of carbonyl (C=O) groups is 4. The van der Waals surface area contributed by atoms with E-state index in [1.807, 2.05) is 19.1 Å². The molecule has 5 amide bonds. The van der Waals surface area contributed by atoms with Gasteiger partial charge in [0, 0.05) is 17.8 Å². The summed E-state index contributed by atoms with van der Waals surface area (Å²) in [5.41, 5.74) is 1.34. The number of nitrogens with one attached hydrogen (secondary N) is 2. The number of imide groups is 2. The first-order chi connectivity index (χ1) is 19.1. The van der Waals surface area contributed by atoms with E-state index in [1.165, 1.54) is 37.5 Å². The molecule has 3 aromatic carbocycles. The van der Waals surface area contributed by atoms with Gasteiger partial charge in [0.15, 0.2) is 18.1 Å². The van der Waals surface area contributed by atoms with E-state index in [0.717, 1.165) is 17.7 Å². The molecule has 0 aromatic heterocycles. The summed E-state index contributed by atoms with van der Waals surface area (Å²) < 4.78 is 11.4. The number of hydrogen-bond acceptors (Lipinski definition) is 8. The highest BCUT2D eigenvalue weighted by Gasteiger charge is 2.37. The number of benzene rings is 3. The minimum absolute atomic E-state index is 0.0398. The second-order valence-corrected chi connectivity index (χ2v) is 9.27. The summed E-state index contributed by atoms with van der Waals surface area (Å²) in [5, 5.41) is 15.8. The summed E-state index contributed by atoms with van der Waals surface area (Å²) in [6, 6.07) is 14.0. The Kier molecular flexibility index (Phi) is 8.24. The van der Waals surface area contributed by atoms with Crippen molar-refractivity contribution in [2.45, 2.75) is 6.92 Å². The largest absolute Gasteiger partial charge is 0.493 e. The van der Waals surface area contributed by atoms with Gasteiger partial charge in [-0.1, -0.05) is 18.2 Å². The molecule has 0 saturated carbocycles. The van der Waals surface area contributed by atoms with Crippen LogP contribution < -0.4 is 25.0 Å². The Morgan fingerprint density at radius 1 is 1.12 bits per heavy atom. The predicted octanol–water partition coefficient (Wildman–Crippen LogP) is 4.36. The van der Waals surface area contributed by atoms with Gasteiger partial charge in [0.25, 0.3) is 23.4 Å². The highest BCUT2D eigenvalue weighted by Crippen LogP contribution is 2.37.